The molecule has 2 rings (SSSR count). The summed E-state index contributed by atoms with van der Waals surface area (Å²) in [7, 11) is 0. The van der Waals surface area contributed by atoms with E-state index in [2.05, 4.69) is 5.32 Å². The monoisotopic (exact) mass is 315 g/mol. The maximum absolute atomic E-state index is 12.0. The highest BCUT2D eigenvalue weighted by atomic mass is 35.5. The van der Waals surface area contributed by atoms with Gasteiger partial charge in [0.2, 0.25) is 0 Å². The van der Waals surface area contributed by atoms with E-state index in [1.165, 1.54) is 12.1 Å². The lowest BCUT2D eigenvalue weighted by Gasteiger charge is -2.16. The molecule has 0 radical (unpaired) electrons. The number of halogens is 2. The smallest absolute Gasteiger partial charge is 0.306 e. The highest BCUT2D eigenvalue weighted by Crippen LogP contribution is 2.31. The van der Waals surface area contributed by atoms with Crippen molar-refractivity contribution < 1.29 is 14.7 Å². The van der Waals surface area contributed by atoms with Crippen LogP contribution in [-0.4, -0.2) is 23.5 Å². The van der Waals surface area contributed by atoms with Gasteiger partial charge in [0.1, 0.15) is 0 Å². The molecule has 2 N–H and O–H groups in total. The summed E-state index contributed by atoms with van der Waals surface area (Å²) in [5.74, 6) is -1.44. The van der Waals surface area contributed by atoms with E-state index < -0.39 is 5.97 Å². The Morgan fingerprint density at radius 1 is 1.20 bits per heavy atom. The number of aliphatic carboxylic acids is 1. The van der Waals surface area contributed by atoms with E-state index in [9.17, 15) is 9.59 Å². The van der Waals surface area contributed by atoms with Gasteiger partial charge in [-0.25, -0.2) is 0 Å². The van der Waals surface area contributed by atoms with Crippen LogP contribution in [0.25, 0.3) is 0 Å². The van der Waals surface area contributed by atoms with Crippen molar-refractivity contribution in [2.24, 2.45) is 11.8 Å². The summed E-state index contributed by atoms with van der Waals surface area (Å²) >= 11 is 11.7. The molecule has 1 saturated carbocycles. The van der Waals surface area contributed by atoms with E-state index in [4.69, 9.17) is 28.3 Å². The first-order chi connectivity index (χ1) is 9.47. The Morgan fingerprint density at radius 2 is 1.85 bits per heavy atom. The molecule has 2 unspecified atom stereocenters. The minimum atomic E-state index is -0.785. The molecule has 1 aromatic rings. The predicted molar refractivity (Wildman–Crippen MR) is 77.3 cm³/mol. The zero-order chi connectivity index (χ0) is 14.7. The van der Waals surface area contributed by atoms with Gasteiger partial charge >= 0.3 is 5.97 Å². The number of benzene rings is 1. The molecule has 0 aromatic heterocycles. The third-order valence-corrected chi connectivity index (χ3v) is 4.06. The fourth-order valence-electron chi connectivity index (χ4n) is 2.62. The number of hydrogen-bond acceptors (Lipinski definition) is 2. The van der Waals surface area contributed by atoms with E-state index >= 15 is 0 Å². The van der Waals surface area contributed by atoms with Crippen molar-refractivity contribution in [1.82, 2.24) is 5.32 Å². The minimum absolute atomic E-state index is 0.00824. The van der Waals surface area contributed by atoms with E-state index in [0.717, 1.165) is 12.8 Å². The second kappa shape index (κ2) is 6.46. The Bertz CT molecular complexity index is 513. The standard InChI is InChI=1S/C14H15Cl2NO3/c15-10-4-9(5-11(16)6-10)13(18)17-7-8-2-1-3-12(8)14(19)20/h4-6,8,12H,1-3,7H2,(H,17,18)(H,19,20). The van der Waals surface area contributed by atoms with Crippen LogP contribution in [0.15, 0.2) is 18.2 Å². The molecule has 1 amide bonds. The molecule has 1 aliphatic rings. The molecule has 6 heteroatoms. The van der Waals surface area contributed by atoms with Gasteiger partial charge in [0.15, 0.2) is 0 Å². The summed E-state index contributed by atoms with van der Waals surface area (Å²) < 4.78 is 0. The van der Waals surface area contributed by atoms with Crippen LogP contribution in [0, 0.1) is 11.8 Å². The zero-order valence-corrected chi connectivity index (χ0v) is 12.2. The average Bonchev–Trinajstić information content (AvgIpc) is 2.83. The van der Waals surface area contributed by atoms with Crippen molar-refractivity contribution >= 4 is 35.1 Å². The number of nitrogens with one attached hydrogen (secondary N) is 1. The summed E-state index contributed by atoms with van der Waals surface area (Å²) in [6.07, 6.45) is 2.40. The number of rotatable bonds is 4. The molecule has 20 heavy (non-hydrogen) atoms. The van der Waals surface area contributed by atoms with Gasteiger partial charge in [0.05, 0.1) is 5.92 Å². The van der Waals surface area contributed by atoms with E-state index in [1.54, 1.807) is 6.07 Å². The van der Waals surface area contributed by atoms with Crippen LogP contribution in [0.4, 0.5) is 0 Å². The predicted octanol–water partition coefficient (Wildman–Crippen LogP) is 3.22. The SMILES string of the molecule is O=C(NCC1CCCC1C(=O)O)c1cc(Cl)cc(Cl)c1. The molecule has 0 heterocycles. The molecule has 0 saturated heterocycles. The van der Waals surface area contributed by atoms with Crippen molar-refractivity contribution in [3.05, 3.63) is 33.8 Å². The van der Waals surface area contributed by atoms with Gasteiger partial charge in [-0.15, -0.1) is 0 Å². The van der Waals surface area contributed by atoms with E-state index in [-0.39, 0.29) is 17.7 Å². The molecular weight excluding hydrogens is 301 g/mol. The lowest BCUT2D eigenvalue weighted by atomic mass is 9.96. The highest BCUT2D eigenvalue weighted by molar-refractivity contribution is 6.35. The van der Waals surface area contributed by atoms with Gasteiger partial charge in [-0.05, 0) is 37.0 Å². The second-order valence-electron chi connectivity index (χ2n) is 5.00. The first kappa shape index (κ1) is 15.1. The molecule has 1 aromatic carbocycles. The van der Waals surface area contributed by atoms with Gasteiger partial charge in [0, 0.05) is 22.2 Å². The number of amides is 1. The Morgan fingerprint density at radius 3 is 2.45 bits per heavy atom. The van der Waals surface area contributed by atoms with Crippen LogP contribution in [0.5, 0.6) is 0 Å². The lowest BCUT2D eigenvalue weighted by molar-refractivity contribution is -0.142. The van der Waals surface area contributed by atoms with E-state index in [0.29, 0.717) is 28.6 Å². The zero-order valence-electron chi connectivity index (χ0n) is 10.7. The van der Waals surface area contributed by atoms with Gasteiger partial charge in [0.25, 0.3) is 5.91 Å². The maximum atomic E-state index is 12.0. The fourth-order valence-corrected chi connectivity index (χ4v) is 3.14. The molecule has 4 nitrogen and oxygen atoms in total. The molecule has 0 aliphatic heterocycles. The second-order valence-corrected chi connectivity index (χ2v) is 5.88. The first-order valence-corrected chi connectivity index (χ1v) is 7.20. The van der Waals surface area contributed by atoms with Crippen molar-refractivity contribution in [2.75, 3.05) is 6.54 Å². The third kappa shape index (κ3) is 3.64. The summed E-state index contributed by atoms with van der Waals surface area (Å²) in [5.41, 5.74) is 0.382. The molecule has 108 valence electrons. The topological polar surface area (TPSA) is 66.4 Å². The van der Waals surface area contributed by atoms with Gasteiger partial charge in [-0.2, -0.15) is 0 Å². The van der Waals surface area contributed by atoms with Gasteiger partial charge in [-0.3, -0.25) is 9.59 Å². The van der Waals surface area contributed by atoms with Crippen molar-refractivity contribution in [2.45, 2.75) is 19.3 Å². The number of carbonyl (C=O) groups excluding carboxylic acids is 1. The number of carboxylic acids is 1. The highest BCUT2D eigenvalue weighted by Gasteiger charge is 2.32. The van der Waals surface area contributed by atoms with E-state index in [1.807, 2.05) is 0 Å². The van der Waals surface area contributed by atoms with Crippen LogP contribution in [0.2, 0.25) is 10.0 Å². The molecule has 0 spiro atoms. The Labute approximate surface area is 127 Å². The van der Waals surface area contributed by atoms with Gasteiger partial charge in [-0.1, -0.05) is 29.6 Å². The fraction of sp³-hybridized carbons (Fsp3) is 0.429. The van der Waals surface area contributed by atoms with Crippen molar-refractivity contribution in [1.29, 1.82) is 0 Å². The van der Waals surface area contributed by atoms with Crippen molar-refractivity contribution in [3.8, 4) is 0 Å². The molecule has 1 fully saturated rings. The summed E-state index contributed by atoms with van der Waals surface area (Å²) in [5, 5.41) is 12.6. The average molecular weight is 316 g/mol. The molecule has 2 atom stereocenters. The number of carbonyl (C=O) groups is 2. The van der Waals surface area contributed by atoms with Crippen LogP contribution in [0.3, 0.4) is 0 Å². The molecule has 0 bridgehead atoms. The minimum Gasteiger partial charge on any atom is -0.481 e. The largest absolute Gasteiger partial charge is 0.481 e. The summed E-state index contributed by atoms with van der Waals surface area (Å²) in [6, 6.07) is 4.62. The van der Waals surface area contributed by atoms with Gasteiger partial charge < -0.3 is 10.4 Å². The van der Waals surface area contributed by atoms with Crippen LogP contribution < -0.4 is 5.32 Å². The number of hydrogen-bond donors (Lipinski definition) is 2. The molecular formula is C14H15Cl2NO3. The third-order valence-electron chi connectivity index (χ3n) is 3.63. The quantitative estimate of drug-likeness (QED) is 0.896. The van der Waals surface area contributed by atoms with Crippen LogP contribution >= 0.6 is 23.2 Å². The number of carboxylic acid groups (broad SMARTS) is 1. The molecule has 1 aliphatic carbocycles. The Kier molecular flexibility index (Phi) is 4.89. The summed E-state index contributed by atoms with van der Waals surface area (Å²) in [4.78, 5) is 23.1. The summed E-state index contributed by atoms with van der Waals surface area (Å²) in [6.45, 7) is 0.361. The first-order valence-electron chi connectivity index (χ1n) is 6.44. The normalized spacial score (nSPS) is 21.7. The maximum Gasteiger partial charge on any atom is 0.306 e. The van der Waals surface area contributed by atoms with Crippen LogP contribution in [0.1, 0.15) is 29.6 Å². The Hall–Kier alpha value is -1.26. The van der Waals surface area contributed by atoms with Crippen LogP contribution in [-0.2, 0) is 4.79 Å². The Balaban J connectivity index is 1.96. The lowest BCUT2D eigenvalue weighted by Crippen LogP contribution is -2.33. The van der Waals surface area contributed by atoms with Crippen molar-refractivity contribution in [3.63, 3.8) is 0 Å².